The highest BCUT2D eigenvalue weighted by molar-refractivity contribution is 5.39. The van der Waals surface area contributed by atoms with Crippen LogP contribution in [0.25, 0.3) is 0 Å². The molecule has 1 aromatic carbocycles. The first kappa shape index (κ1) is 13.1. The molecular weight excluding hydrogens is 248 g/mol. The Hall–Kier alpha value is -1.87. The molecule has 104 valence electrons. The van der Waals surface area contributed by atoms with E-state index in [9.17, 15) is 0 Å². The number of nitrogens with one attached hydrogen (secondary N) is 1. The van der Waals surface area contributed by atoms with Crippen molar-refractivity contribution in [3.63, 3.8) is 0 Å². The van der Waals surface area contributed by atoms with Crippen LogP contribution in [0.3, 0.4) is 0 Å². The van der Waals surface area contributed by atoms with Crippen LogP contribution in [0.1, 0.15) is 29.2 Å². The van der Waals surface area contributed by atoms with Gasteiger partial charge in [-0.15, -0.1) is 0 Å². The molecule has 1 aliphatic rings. The van der Waals surface area contributed by atoms with E-state index in [0.29, 0.717) is 6.04 Å². The van der Waals surface area contributed by atoms with Gasteiger partial charge < -0.3 is 10.1 Å². The molecule has 0 saturated carbocycles. The highest BCUT2D eigenvalue weighted by Gasteiger charge is 2.13. The lowest BCUT2D eigenvalue weighted by Gasteiger charge is -2.16. The van der Waals surface area contributed by atoms with E-state index in [-0.39, 0.29) is 0 Å². The van der Waals surface area contributed by atoms with E-state index in [1.54, 1.807) is 0 Å². The Kier molecular flexibility index (Phi) is 3.97. The number of ether oxygens (including phenoxy) is 1. The summed E-state index contributed by atoms with van der Waals surface area (Å²) in [6, 6.07) is 11.1. The maximum Gasteiger partial charge on any atom is 0.122 e. The normalized spacial score (nSPS) is 14.7. The average molecular weight is 268 g/mol. The molecule has 0 aliphatic carbocycles. The first-order valence-corrected chi connectivity index (χ1v) is 7.18. The number of benzene rings is 1. The van der Waals surface area contributed by atoms with E-state index in [1.807, 2.05) is 25.5 Å². The van der Waals surface area contributed by atoms with Gasteiger partial charge in [0, 0.05) is 24.9 Å². The molecule has 3 rings (SSSR count). The maximum atomic E-state index is 5.55. The van der Waals surface area contributed by atoms with Crippen LogP contribution in [-0.4, -0.2) is 18.6 Å². The Bertz CT molecular complexity index is 568. The molecule has 1 N–H and O–H groups in total. The first-order valence-electron chi connectivity index (χ1n) is 7.18. The topological polar surface area (TPSA) is 34.1 Å². The van der Waals surface area contributed by atoms with Gasteiger partial charge in [-0.05, 0) is 48.7 Å². The molecule has 1 aromatic heterocycles. The molecule has 20 heavy (non-hydrogen) atoms. The van der Waals surface area contributed by atoms with Gasteiger partial charge in [-0.1, -0.05) is 18.2 Å². The average Bonchev–Trinajstić information content (AvgIpc) is 2.96. The SMILES string of the molecule is CNC(CCc1ccc2c(c1)CCO2)c1cccnc1. The van der Waals surface area contributed by atoms with Crippen LogP contribution in [-0.2, 0) is 12.8 Å². The highest BCUT2D eigenvalue weighted by Crippen LogP contribution is 2.27. The van der Waals surface area contributed by atoms with Gasteiger partial charge in [0.1, 0.15) is 5.75 Å². The number of aromatic nitrogens is 1. The van der Waals surface area contributed by atoms with Crippen molar-refractivity contribution in [2.45, 2.75) is 25.3 Å². The molecule has 0 amide bonds. The summed E-state index contributed by atoms with van der Waals surface area (Å²) in [7, 11) is 2.01. The highest BCUT2D eigenvalue weighted by atomic mass is 16.5. The van der Waals surface area contributed by atoms with Crippen molar-refractivity contribution in [1.29, 1.82) is 0 Å². The lowest BCUT2D eigenvalue weighted by Crippen LogP contribution is -2.17. The molecule has 1 unspecified atom stereocenters. The van der Waals surface area contributed by atoms with E-state index < -0.39 is 0 Å². The van der Waals surface area contributed by atoms with Crippen molar-refractivity contribution in [1.82, 2.24) is 10.3 Å². The van der Waals surface area contributed by atoms with Gasteiger partial charge in [0.15, 0.2) is 0 Å². The van der Waals surface area contributed by atoms with Gasteiger partial charge in [0.05, 0.1) is 6.61 Å². The van der Waals surface area contributed by atoms with Gasteiger partial charge in [-0.3, -0.25) is 4.98 Å². The van der Waals surface area contributed by atoms with E-state index >= 15 is 0 Å². The van der Waals surface area contributed by atoms with Gasteiger partial charge in [0.2, 0.25) is 0 Å². The minimum atomic E-state index is 0.355. The minimum absolute atomic E-state index is 0.355. The first-order chi connectivity index (χ1) is 9.86. The Morgan fingerprint density at radius 1 is 1.35 bits per heavy atom. The van der Waals surface area contributed by atoms with Crippen LogP contribution in [0.15, 0.2) is 42.7 Å². The standard InChI is InChI=1S/C17H20N2O/c1-18-16(15-3-2-9-19-12-15)6-4-13-5-7-17-14(11-13)8-10-20-17/h2-3,5,7,9,11-12,16,18H,4,6,8,10H2,1H3. The lowest BCUT2D eigenvalue weighted by atomic mass is 9.99. The molecule has 0 saturated heterocycles. The summed E-state index contributed by atoms with van der Waals surface area (Å²) in [4.78, 5) is 4.20. The predicted molar refractivity (Wildman–Crippen MR) is 80.0 cm³/mol. The molecule has 0 spiro atoms. The summed E-state index contributed by atoms with van der Waals surface area (Å²) in [5.41, 5.74) is 3.99. The van der Waals surface area contributed by atoms with Crippen molar-refractivity contribution in [3.05, 3.63) is 59.4 Å². The number of hydrogen-bond donors (Lipinski definition) is 1. The third-order valence-corrected chi connectivity index (χ3v) is 3.91. The van der Waals surface area contributed by atoms with Crippen LogP contribution in [0.2, 0.25) is 0 Å². The number of nitrogens with zero attached hydrogens (tertiary/aromatic N) is 1. The summed E-state index contributed by atoms with van der Waals surface area (Å²) in [6.07, 6.45) is 6.94. The third kappa shape index (κ3) is 2.83. The molecule has 1 aliphatic heterocycles. The van der Waals surface area contributed by atoms with Crippen molar-refractivity contribution in [2.24, 2.45) is 0 Å². The molecule has 3 heteroatoms. The van der Waals surface area contributed by atoms with E-state index in [2.05, 4.69) is 34.6 Å². The molecule has 3 nitrogen and oxygen atoms in total. The zero-order valence-corrected chi connectivity index (χ0v) is 11.8. The minimum Gasteiger partial charge on any atom is -0.493 e. The Morgan fingerprint density at radius 3 is 3.10 bits per heavy atom. The maximum absolute atomic E-state index is 5.55. The molecule has 0 fully saturated rings. The van der Waals surface area contributed by atoms with Gasteiger partial charge in [-0.25, -0.2) is 0 Å². The second-order valence-electron chi connectivity index (χ2n) is 5.21. The number of hydrogen-bond acceptors (Lipinski definition) is 3. The van der Waals surface area contributed by atoms with Crippen molar-refractivity contribution in [3.8, 4) is 5.75 Å². The van der Waals surface area contributed by atoms with Crippen LogP contribution >= 0.6 is 0 Å². The molecule has 0 radical (unpaired) electrons. The molecule has 0 bridgehead atoms. The zero-order chi connectivity index (χ0) is 13.8. The predicted octanol–water partition coefficient (Wildman–Crippen LogP) is 2.91. The van der Waals surface area contributed by atoms with E-state index in [1.165, 1.54) is 16.7 Å². The van der Waals surface area contributed by atoms with Crippen molar-refractivity contribution in [2.75, 3.05) is 13.7 Å². The van der Waals surface area contributed by atoms with Crippen LogP contribution in [0.5, 0.6) is 5.75 Å². The zero-order valence-electron chi connectivity index (χ0n) is 11.8. The Balaban J connectivity index is 1.66. The Labute approximate surface area is 120 Å². The van der Waals surface area contributed by atoms with Crippen molar-refractivity contribution >= 4 is 0 Å². The van der Waals surface area contributed by atoms with Gasteiger partial charge >= 0.3 is 0 Å². The fourth-order valence-electron chi connectivity index (χ4n) is 2.77. The summed E-state index contributed by atoms with van der Waals surface area (Å²) >= 11 is 0. The van der Waals surface area contributed by atoms with Crippen LogP contribution in [0.4, 0.5) is 0 Å². The fraction of sp³-hybridized carbons (Fsp3) is 0.353. The van der Waals surface area contributed by atoms with Crippen LogP contribution in [0, 0.1) is 0 Å². The molecule has 2 heterocycles. The van der Waals surface area contributed by atoms with Gasteiger partial charge in [0.25, 0.3) is 0 Å². The summed E-state index contributed by atoms with van der Waals surface area (Å²) in [5, 5.41) is 3.38. The number of aryl methyl sites for hydroxylation is 1. The Morgan fingerprint density at radius 2 is 2.30 bits per heavy atom. The van der Waals surface area contributed by atoms with Crippen molar-refractivity contribution < 1.29 is 4.74 Å². The van der Waals surface area contributed by atoms with E-state index in [0.717, 1.165) is 31.6 Å². The largest absolute Gasteiger partial charge is 0.493 e. The van der Waals surface area contributed by atoms with Gasteiger partial charge in [-0.2, -0.15) is 0 Å². The summed E-state index contributed by atoms with van der Waals surface area (Å²) in [5.74, 6) is 1.06. The summed E-state index contributed by atoms with van der Waals surface area (Å²) < 4.78 is 5.55. The second kappa shape index (κ2) is 6.06. The second-order valence-corrected chi connectivity index (χ2v) is 5.21. The number of pyridine rings is 1. The number of rotatable bonds is 5. The fourth-order valence-corrected chi connectivity index (χ4v) is 2.77. The summed E-state index contributed by atoms with van der Waals surface area (Å²) in [6.45, 7) is 0.827. The third-order valence-electron chi connectivity index (χ3n) is 3.91. The quantitative estimate of drug-likeness (QED) is 0.905. The van der Waals surface area contributed by atoms with E-state index in [4.69, 9.17) is 4.74 Å². The lowest BCUT2D eigenvalue weighted by molar-refractivity contribution is 0.357. The molecule has 1 atom stereocenters. The smallest absolute Gasteiger partial charge is 0.122 e. The number of fused-ring (bicyclic) bond motifs is 1. The molecular formula is C17H20N2O. The van der Waals surface area contributed by atoms with Crippen LogP contribution < -0.4 is 10.1 Å². The molecule has 2 aromatic rings. The monoisotopic (exact) mass is 268 g/mol.